The number of aryl methyl sites for hydroxylation is 1. The maximum absolute atomic E-state index is 11.4. The first-order valence-corrected chi connectivity index (χ1v) is 6.74. The van der Waals surface area contributed by atoms with Crippen molar-refractivity contribution in [3.8, 4) is 11.3 Å². The number of aromatic nitrogens is 1. The van der Waals surface area contributed by atoms with Crippen molar-refractivity contribution in [2.75, 3.05) is 6.54 Å². The molecule has 0 saturated carbocycles. The molecule has 2 rings (SSSR count). The van der Waals surface area contributed by atoms with Gasteiger partial charge < -0.3 is 15.1 Å². The summed E-state index contributed by atoms with van der Waals surface area (Å²) in [6.07, 6.45) is 0.906. The van der Waals surface area contributed by atoms with Gasteiger partial charge in [-0.25, -0.2) is 9.78 Å². The van der Waals surface area contributed by atoms with E-state index < -0.39 is 0 Å². The number of urea groups is 1. The Morgan fingerprint density at radius 2 is 2.00 bits per heavy atom. The minimum absolute atomic E-state index is 0.205. The second kappa shape index (κ2) is 6.75. The van der Waals surface area contributed by atoms with Gasteiger partial charge in [0.25, 0.3) is 0 Å². The Balaban J connectivity index is 1.99. The Hall–Kier alpha value is -2.30. The average molecular weight is 273 g/mol. The molecular formula is C15H19N3O2. The average Bonchev–Trinajstić information content (AvgIpc) is 2.85. The highest BCUT2D eigenvalue weighted by atomic mass is 16.4. The Labute approximate surface area is 118 Å². The fraction of sp³-hybridized carbons (Fsp3) is 0.333. The first kappa shape index (κ1) is 14.1. The van der Waals surface area contributed by atoms with Crippen molar-refractivity contribution in [1.29, 1.82) is 0 Å². The molecule has 1 aromatic carbocycles. The van der Waals surface area contributed by atoms with Crippen LogP contribution in [0.15, 0.2) is 34.7 Å². The van der Waals surface area contributed by atoms with Gasteiger partial charge in [-0.3, -0.25) is 0 Å². The summed E-state index contributed by atoms with van der Waals surface area (Å²) in [5, 5.41) is 5.46. The van der Waals surface area contributed by atoms with Crippen molar-refractivity contribution in [3.63, 3.8) is 0 Å². The van der Waals surface area contributed by atoms with Crippen molar-refractivity contribution < 1.29 is 9.21 Å². The molecule has 0 unspecified atom stereocenters. The van der Waals surface area contributed by atoms with Crippen molar-refractivity contribution in [2.45, 2.75) is 26.8 Å². The molecule has 5 nitrogen and oxygen atoms in total. The third-order valence-electron chi connectivity index (χ3n) is 2.82. The van der Waals surface area contributed by atoms with Crippen molar-refractivity contribution in [2.24, 2.45) is 0 Å². The van der Waals surface area contributed by atoms with Gasteiger partial charge in [0, 0.05) is 12.1 Å². The standard InChI is InChI=1S/C15H19N3O2/c1-3-9-16-15(19)17-10-13-18-14(11(2)20-13)12-7-5-4-6-8-12/h4-8H,3,9-10H2,1-2H3,(H2,16,17,19). The molecule has 0 aliphatic carbocycles. The second-order valence-corrected chi connectivity index (χ2v) is 4.49. The van der Waals surface area contributed by atoms with Gasteiger partial charge in [-0.2, -0.15) is 0 Å². The number of nitrogens with zero attached hydrogens (tertiary/aromatic N) is 1. The minimum atomic E-state index is -0.205. The summed E-state index contributed by atoms with van der Waals surface area (Å²) >= 11 is 0. The van der Waals surface area contributed by atoms with Crippen LogP contribution in [0, 0.1) is 6.92 Å². The number of carbonyl (C=O) groups is 1. The number of hydrogen-bond acceptors (Lipinski definition) is 3. The van der Waals surface area contributed by atoms with Crippen LogP contribution in [0.5, 0.6) is 0 Å². The van der Waals surface area contributed by atoms with E-state index >= 15 is 0 Å². The van der Waals surface area contributed by atoms with E-state index in [0.717, 1.165) is 23.4 Å². The number of rotatable bonds is 5. The van der Waals surface area contributed by atoms with Crippen LogP contribution < -0.4 is 10.6 Å². The molecule has 1 aromatic heterocycles. The van der Waals surface area contributed by atoms with E-state index in [-0.39, 0.29) is 12.6 Å². The first-order chi connectivity index (χ1) is 9.70. The van der Waals surface area contributed by atoms with Crippen LogP contribution in [0.1, 0.15) is 25.0 Å². The molecule has 0 spiro atoms. The SMILES string of the molecule is CCCNC(=O)NCc1nc(-c2ccccc2)c(C)o1. The Kier molecular flexibility index (Phi) is 4.76. The molecule has 0 bridgehead atoms. The van der Waals surface area contributed by atoms with Crippen LogP contribution in [0.4, 0.5) is 4.79 Å². The molecule has 0 aliphatic heterocycles. The topological polar surface area (TPSA) is 67.2 Å². The van der Waals surface area contributed by atoms with E-state index in [0.29, 0.717) is 12.4 Å². The van der Waals surface area contributed by atoms with Gasteiger partial charge >= 0.3 is 6.03 Å². The van der Waals surface area contributed by atoms with Crippen LogP contribution >= 0.6 is 0 Å². The number of amides is 2. The van der Waals surface area contributed by atoms with Gasteiger partial charge in [0.05, 0.1) is 6.54 Å². The Bertz CT molecular complexity index is 564. The summed E-state index contributed by atoms with van der Waals surface area (Å²) in [4.78, 5) is 15.9. The molecule has 106 valence electrons. The fourth-order valence-corrected chi connectivity index (χ4v) is 1.85. The predicted octanol–water partition coefficient (Wildman–Crippen LogP) is 2.86. The molecule has 0 aliphatic rings. The number of nitrogens with one attached hydrogen (secondary N) is 2. The van der Waals surface area contributed by atoms with E-state index in [1.54, 1.807) is 0 Å². The van der Waals surface area contributed by atoms with Gasteiger partial charge in [0.15, 0.2) is 0 Å². The lowest BCUT2D eigenvalue weighted by Crippen LogP contribution is -2.35. The molecule has 1 heterocycles. The zero-order valence-corrected chi connectivity index (χ0v) is 11.8. The maximum Gasteiger partial charge on any atom is 0.315 e. The van der Waals surface area contributed by atoms with Crippen molar-refractivity contribution >= 4 is 6.03 Å². The molecule has 0 radical (unpaired) electrons. The molecule has 2 N–H and O–H groups in total. The van der Waals surface area contributed by atoms with Crippen LogP contribution in [0.3, 0.4) is 0 Å². The molecule has 0 saturated heterocycles. The van der Waals surface area contributed by atoms with Crippen LogP contribution in [0.2, 0.25) is 0 Å². The monoisotopic (exact) mass is 273 g/mol. The highest BCUT2D eigenvalue weighted by molar-refractivity contribution is 5.73. The van der Waals surface area contributed by atoms with Gasteiger partial charge in [-0.1, -0.05) is 37.3 Å². The molecule has 5 heteroatoms. The van der Waals surface area contributed by atoms with E-state index in [4.69, 9.17) is 4.42 Å². The third-order valence-corrected chi connectivity index (χ3v) is 2.82. The van der Waals surface area contributed by atoms with Gasteiger partial charge in [0.1, 0.15) is 11.5 Å². The van der Waals surface area contributed by atoms with E-state index in [1.807, 2.05) is 44.2 Å². The Morgan fingerprint density at radius 1 is 1.25 bits per heavy atom. The minimum Gasteiger partial charge on any atom is -0.443 e. The van der Waals surface area contributed by atoms with Crippen LogP contribution in [-0.2, 0) is 6.54 Å². The highest BCUT2D eigenvalue weighted by Gasteiger charge is 2.11. The van der Waals surface area contributed by atoms with Crippen LogP contribution in [0.25, 0.3) is 11.3 Å². The van der Waals surface area contributed by atoms with E-state index in [1.165, 1.54) is 0 Å². The third kappa shape index (κ3) is 3.60. The van der Waals surface area contributed by atoms with Crippen molar-refractivity contribution in [3.05, 3.63) is 42.0 Å². The highest BCUT2D eigenvalue weighted by Crippen LogP contribution is 2.22. The first-order valence-electron chi connectivity index (χ1n) is 6.74. The molecule has 0 atom stereocenters. The summed E-state index contributed by atoms with van der Waals surface area (Å²) in [5.41, 5.74) is 1.83. The number of benzene rings is 1. The van der Waals surface area contributed by atoms with Gasteiger partial charge in [-0.15, -0.1) is 0 Å². The Morgan fingerprint density at radius 3 is 2.70 bits per heavy atom. The quantitative estimate of drug-likeness (QED) is 0.880. The fourth-order valence-electron chi connectivity index (χ4n) is 1.85. The summed E-state index contributed by atoms with van der Waals surface area (Å²) < 4.78 is 5.57. The lowest BCUT2D eigenvalue weighted by molar-refractivity contribution is 0.239. The lowest BCUT2D eigenvalue weighted by Gasteiger charge is -2.03. The second-order valence-electron chi connectivity index (χ2n) is 4.49. The number of carbonyl (C=O) groups excluding carboxylic acids is 1. The lowest BCUT2D eigenvalue weighted by atomic mass is 10.1. The smallest absolute Gasteiger partial charge is 0.315 e. The molecule has 2 aromatic rings. The van der Waals surface area contributed by atoms with Gasteiger partial charge in [-0.05, 0) is 13.3 Å². The van der Waals surface area contributed by atoms with Crippen molar-refractivity contribution in [1.82, 2.24) is 15.6 Å². The molecule has 0 fully saturated rings. The maximum atomic E-state index is 11.4. The summed E-state index contributed by atoms with van der Waals surface area (Å²) in [7, 11) is 0. The number of oxazole rings is 1. The summed E-state index contributed by atoms with van der Waals surface area (Å²) in [6, 6.07) is 9.63. The number of hydrogen-bond donors (Lipinski definition) is 2. The van der Waals surface area contributed by atoms with Crippen LogP contribution in [-0.4, -0.2) is 17.6 Å². The molecular weight excluding hydrogens is 254 g/mol. The summed E-state index contributed by atoms with van der Waals surface area (Å²) in [5.74, 6) is 1.26. The van der Waals surface area contributed by atoms with Gasteiger partial charge in [0.2, 0.25) is 5.89 Å². The normalized spacial score (nSPS) is 10.3. The van der Waals surface area contributed by atoms with E-state index in [2.05, 4.69) is 15.6 Å². The zero-order valence-electron chi connectivity index (χ0n) is 11.8. The largest absolute Gasteiger partial charge is 0.443 e. The molecule has 2 amide bonds. The summed E-state index contributed by atoms with van der Waals surface area (Å²) in [6.45, 7) is 4.81. The predicted molar refractivity (Wildman–Crippen MR) is 77.2 cm³/mol. The molecule has 20 heavy (non-hydrogen) atoms. The zero-order chi connectivity index (χ0) is 14.4. The van der Waals surface area contributed by atoms with E-state index in [9.17, 15) is 4.79 Å².